The Labute approximate surface area is 180 Å². The van der Waals surface area contributed by atoms with Crippen LogP contribution in [-0.4, -0.2) is 62.5 Å². The summed E-state index contributed by atoms with van der Waals surface area (Å²) in [7, 11) is 1.74. The van der Waals surface area contributed by atoms with E-state index in [0.717, 1.165) is 57.1 Å². The molecule has 0 spiro atoms. The number of hydrogen-bond donors (Lipinski definition) is 0. The van der Waals surface area contributed by atoms with Crippen molar-refractivity contribution in [3.05, 3.63) is 61.0 Å². The Bertz CT molecular complexity index is 717. The van der Waals surface area contributed by atoms with Crippen molar-refractivity contribution in [1.29, 1.82) is 0 Å². The summed E-state index contributed by atoms with van der Waals surface area (Å²) in [6.45, 7) is 10.7. The molecule has 0 amide bonds. The van der Waals surface area contributed by atoms with E-state index >= 15 is 0 Å². The van der Waals surface area contributed by atoms with Gasteiger partial charge in [-0.3, -0.25) is 14.9 Å². The van der Waals surface area contributed by atoms with Gasteiger partial charge in [0.05, 0.1) is 18.5 Å². The summed E-state index contributed by atoms with van der Waals surface area (Å²) in [6, 6.07) is 14.1. The van der Waals surface area contributed by atoms with Gasteiger partial charge in [-0.15, -0.1) is 0 Å². The molecular weight excluding hydrogens is 438 g/mol. The number of rotatable bonds is 7. The number of methoxy groups -OCH3 is 1. The second kappa shape index (κ2) is 14.1. The largest absolute Gasteiger partial charge is 0 e. The van der Waals surface area contributed by atoms with Gasteiger partial charge in [-0.05, 0) is 30.7 Å². The summed E-state index contributed by atoms with van der Waals surface area (Å²) in [5.74, 6) is 0.958. The number of aliphatic imine (C=N–C) groups is 1. The van der Waals surface area contributed by atoms with Crippen LogP contribution in [0.4, 0.5) is 5.69 Å². The SMILES string of the molecule is COc1ccccc1N1CCN(CCCN=Cc2ccccn2)CC1.[C-]#[O+].[Tc]. The van der Waals surface area contributed by atoms with Gasteiger partial charge < -0.3 is 9.64 Å². The number of pyridine rings is 1. The first kappa shape index (κ1) is 24.0. The van der Waals surface area contributed by atoms with Crippen LogP contribution in [0.2, 0.25) is 0 Å². The molecule has 1 aliphatic heterocycles. The van der Waals surface area contributed by atoms with E-state index in [-0.39, 0.29) is 20.1 Å². The van der Waals surface area contributed by atoms with Crippen molar-refractivity contribution in [3.63, 3.8) is 0 Å². The van der Waals surface area contributed by atoms with Crippen LogP contribution < -0.4 is 9.64 Å². The van der Waals surface area contributed by atoms with E-state index in [9.17, 15) is 0 Å². The Morgan fingerprint density at radius 3 is 2.50 bits per heavy atom. The third kappa shape index (κ3) is 7.55. The number of para-hydroxylation sites is 2. The standard InChI is InChI=1S/C20H26N4O.CO.Tc/c1-25-20-9-3-2-8-19(20)24-15-13-23(14-16-24)12-6-10-21-17-18-7-4-5-11-22-18;1-2;/h2-5,7-9,11,17H,6,10,12-16H2,1H3;;. The predicted molar refractivity (Wildman–Crippen MR) is 107 cm³/mol. The monoisotopic (exact) mass is 463 g/mol. The molecule has 1 aliphatic rings. The van der Waals surface area contributed by atoms with E-state index in [1.54, 1.807) is 13.3 Å². The van der Waals surface area contributed by atoms with Crippen molar-refractivity contribution in [3.8, 4) is 5.75 Å². The first-order valence-corrected chi connectivity index (χ1v) is 9.08. The Kier molecular flexibility index (Phi) is 12.1. The number of aromatic nitrogens is 1. The summed E-state index contributed by atoms with van der Waals surface area (Å²) in [4.78, 5) is 13.6. The zero-order valence-electron chi connectivity index (χ0n) is 16.1. The van der Waals surface area contributed by atoms with Crippen LogP contribution in [0.5, 0.6) is 5.75 Å². The molecule has 0 unspecified atom stereocenters. The van der Waals surface area contributed by atoms with Gasteiger partial charge in [0.2, 0.25) is 0 Å². The summed E-state index contributed by atoms with van der Waals surface area (Å²) < 4.78 is 13.0. The third-order valence-corrected chi connectivity index (χ3v) is 4.47. The minimum Gasteiger partial charge on any atom is 0 e. The maximum atomic E-state index is 7.50. The molecular formula is C21H26N4O2Tc. The molecule has 0 aliphatic carbocycles. The Balaban J connectivity index is 0.00000127. The molecule has 3 rings (SSSR count). The molecule has 1 fully saturated rings. The van der Waals surface area contributed by atoms with Crippen LogP contribution in [0, 0.1) is 6.65 Å². The number of anilines is 1. The fraction of sp³-hybridized carbons (Fsp3) is 0.381. The number of nitrogens with zero attached hydrogens (tertiary/aromatic N) is 4. The average Bonchev–Trinajstić information content (AvgIpc) is 2.76. The van der Waals surface area contributed by atoms with Gasteiger partial charge in [0, 0.05) is 71.8 Å². The summed E-state index contributed by atoms with van der Waals surface area (Å²) in [5, 5.41) is 0. The van der Waals surface area contributed by atoms with Crippen LogP contribution >= 0.6 is 0 Å². The molecule has 149 valence electrons. The third-order valence-electron chi connectivity index (χ3n) is 4.47. The maximum Gasteiger partial charge on any atom is 0 e. The molecule has 7 heteroatoms. The van der Waals surface area contributed by atoms with E-state index in [1.165, 1.54) is 5.69 Å². The zero-order chi connectivity index (χ0) is 19.3. The van der Waals surface area contributed by atoms with Crippen LogP contribution in [0.3, 0.4) is 0 Å². The number of hydrogen-bond acceptors (Lipinski definition) is 5. The zero-order valence-corrected chi connectivity index (χ0v) is 18.0. The number of piperazine rings is 1. The molecule has 2 aromatic rings. The summed E-state index contributed by atoms with van der Waals surface area (Å²) in [5.41, 5.74) is 2.12. The van der Waals surface area contributed by atoms with Crippen molar-refractivity contribution >= 4 is 11.9 Å². The van der Waals surface area contributed by atoms with E-state index in [1.807, 2.05) is 36.5 Å². The van der Waals surface area contributed by atoms with Gasteiger partial charge in [0.25, 0.3) is 0 Å². The quantitative estimate of drug-likeness (QED) is 0.274. The number of benzene rings is 1. The van der Waals surface area contributed by atoms with E-state index in [4.69, 9.17) is 9.39 Å². The first-order chi connectivity index (χ1) is 13.4. The molecule has 1 aromatic carbocycles. The molecule has 6 nitrogen and oxygen atoms in total. The predicted octanol–water partition coefficient (Wildman–Crippen LogP) is 2.68. The van der Waals surface area contributed by atoms with E-state index in [2.05, 4.69) is 38.6 Å². The second-order valence-electron chi connectivity index (χ2n) is 6.14. The van der Waals surface area contributed by atoms with Gasteiger partial charge in [-0.1, -0.05) is 18.2 Å². The van der Waals surface area contributed by atoms with Crippen molar-refractivity contribution in [2.45, 2.75) is 6.42 Å². The molecule has 0 N–H and O–H groups in total. The normalized spacial score (nSPS) is 14.0. The van der Waals surface area contributed by atoms with Crippen LogP contribution in [-0.2, 0) is 24.8 Å². The maximum absolute atomic E-state index is 7.50. The fourth-order valence-corrected chi connectivity index (χ4v) is 3.10. The van der Waals surface area contributed by atoms with Gasteiger partial charge in [-0.25, -0.2) is 0 Å². The Morgan fingerprint density at radius 1 is 1.11 bits per heavy atom. The minimum atomic E-state index is 0. The van der Waals surface area contributed by atoms with Gasteiger partial charge in [0.1, 0.15) is 5.75 Å². The van der Waals surface area contributed by atoms with Gasteiger partial charge >= 0.3 is 11.3 Å². The number of ether oxygens (including phenoxy) is 1. The second-order valence-corrected chi connectivity index (χ2v) is 6.14. The molecule has 1 saturated heterocycles. The molecule has 0 bridgehead atoms. The average molecular weight is 464 g/mol. The summed E-state index contributed by atoms with van der Waals surface area (Å²) >= 11 is 0. The molecule has 0 saturated carbocycles. The van der Waals surface area contributed by atoms with Crippen molar-refractivity contribution in [1.82, 2.24) is 9.88 Å². The molecule has 2 heterocycles. The smallest absolute Gasteiger partial charge is 0 e. The van der Waals surface area contributed by atoms with Crippen LogP contribution in [0.25, 0.3) is 0 Å². The summed E-state index contributed by atoms with van der Waals surface area (Å²) in [6.07, 6.45) is 4.74. The molecule has 1 aromatic heterocycles. The molecule has 28 heavy (non-hydrogen) atoms. The van der Waals surface area contributed by atoms with Crippen molar-refractivity contribution < 1.29 is 29.5 Å². The van der Waals surface area contributed by atoms with Crippen LogP contribution in [0.1, 0.15) is 12.1 Å². The van der Waals surface area contributed by atoms with Crippen molar-refractivity contribution in [2.24, 2.45) is 4.99 Å². The Hall–Kier alpha value is -2.01. The van der Waals surface area contributed by atoms with Gasteiger partial charge in [0.15, 0.2) is 0 Å². The topological polar surface area (TPSA) is 60.9 Å². The molecule has 0 atom stereocenters. The van der Waals surface area contributed by atoms with Crippen molar-refractivity contribution in [2.75, 3.05) is 51.3 Å². The first-order valence-electron chi connectivity index (χ1n) is 9.08. The van der Waals surface area contributed by atoms with Gasteiger partial charge in [-0.2, -0.15) is 0 Å². The minimum absolute atomic E-state index is 0. The van der Waals surface area contributed by atoms with E-state index in [0.29, 0.717) is 0 Å². The molecule has 1 radical (unpaired) electrons. The van der Waals surface area contributed by atoms with E-state index < -0.39 is 0 Å². The fourth-order valence-electron chi connectivity index (χ4n) is 3.10. The Morgan fingerprint density at radius 2 is 1.82 bits per heavy atom. The van der Waals surface area contributed by atoms with Crippen LogP contribution in [0.15, 0.2) is 53.7 Å².